The number of amidine groups is 1. The van der Waals surface area contributed by atoms with E-state index in [1.54, 1.807) is 25.6 Å². The molecule has 177 valence electrons. The number of methoxy groups -OCH3 is 1. The normalized spacial score (nSPS) is 16.8. The van der Waals surface area contributed by atoms with Crippen molar-refractivity contribution in [3.05, 3.63) is 59.7 Å². The number of allylic oxidation sites excluding steroid dienone is 3. The first-order valence-corrected chi connectivity index (χ1v) is 11.0. The van der Waals surface area contributed by atoms with Crippen LogP contribution in [0.1, 0.15) is 27.2 Å². The average Bonchev–Trinajstić information content (AvgIpc) is 2.88. The van der Waals surface area contributed by atoms with E-state index in [1.165, 1.54) is 0 Å². The molecular formula is C24H35BClN6O. The van der Waals surface area contributed by atoms with Crippen LogP contribution in [0, 0.1) is 0 Å². The molecule has 7 nitrogen and oxygen atoms in total. The first kappa shape index (κ1) is 28.3. The van der Waals surface area contributed by atoms with Crippen LogP contribution in [0.4, 0.5) is 0 Å². The molecule has 1 aliphatic rings. The second-order valence-electron chi connectivity index (χ2n) is 7.75. The van der Waals surface area contributed by atoms with E-state index in [-0.39, 0.29) is 18.4 Å². The molecule has 0 fully saturated rings. The topological polar surface area (TPSA) is 56.0 Å². The van der Waals surface area contributed by atoms with Crippen molar-refractivity contribution in [3.63, 3.8) is 0 Å². The van der Waals surface area contributed by atoms with Crippen LogP contribution in [-0.4, -0.2) is 86.7 Å². The summed E-state index contributed by atoms with van der Waals surface area (Å²) in [6.07, 6.45) is 7.64. The Bertz CT molecular complexity index is 914. The molecule has 0 atom stereocenters. The molecule has 0 N–H and O–H groups in total. The predicted octanol–water partition coefficient (Wildman–Crippen LogP) is 3.93. The first-order valence-electron chi connectivity index (χ1n) is 10.6. The fourth-order valence-electron chi connectivity index (χ4n) is 3.10. The maximum atomic E-state index is 6.42. The molecular weight excluding hydrogens is 435 g/mol. The summed E-state index contributed by atoms with van der Waals surface area (Å²) < 4.78 is 5.15. The molecule has 0 aromatic rings. The van der Waals surface area contributed by atoms with E-state index < -0.39 is 0 Å². The van der Waals surface area contributed by atoms with Gasteiger partial charge in [-0.25, -0.2) is 0 Å². The zero-order valence-electron chi connectivity index (χ0n) is 20.7. The maximum absolute atomic E-state index is 6.42. The van der Waals surface area contributed by atoms with Crippen LogP contribution in [0.15, 0.2) is 74.7 Å². The van der Waals surface area contributed by atoms with E-state index in [4.69, 9.17) is 28.8 Å². The van der Waals surface area contributed by atoms with Crippen molar-refractivity contribution in [2.24, 2.45) is 15.0 Å². The Hall–Kier alpha value is -2.71. The van der Waals surface area contributed by atoms with Gasteiger partial charge in [-0.1, -0.05) is 0 Å². The van der Waals surface area contributed by atoms with Gasteiger partial charge in [-0.2, -0.15) is 0 Å². The van der Waals surface area contributed by atoms with Crippen LogP contribution in [0.25, 0.3) is 0 Å². The van der Waals surface area contributed by atoms with Gasteiger partial charge in [-0.3, -0.25) is 0 Å². The number of aliphatic imine (C=N–C) groups is 3. The summed E-state index contributed by atoms with van der Waals surface area (Å²) in [5, 5.41) is 0.541. The number of rotatable bonds is 11. The molecule has 9 heteroatoms. The van der Waals surface area contributed by atoms with Gasteiger partial charge in [0.1, 0.15) is 0 Å². The minimum absolute atomic E-state index is 0.0672. The number of hydrogen-bond acceptors (Lipinski definition) is 7. The molecule has 1 heterocycles. The van der Waals surface area contributed by atoms with E-state index in [0.717, 1.165) is 17.0 Å². The Balaban J connectivity index is 3.64. The average molecular weight is 470 g/mol. The molecule has 0 saturated carbocycles. The third-order valence-electron chi connectivity index (χ3n) is 4.72. The molecule has 0 unspecified atom stereocenters. The predicted molar refractivity (Wildman–Crippen MR) is 144 cm³/mol. The second kappa shape index (κ2) is 13.8. The van der Waals surface area contributed by atoms with Crippen LogP contribution in [0.5, 0.6) is 0 Å². The van der Waals surface area contributed by atoms with Crippen LogP contribution in [0.3, 0.4) is 0 Å². The summed E-state index contributed by atoms with van der Waals surface area (Å²) in [6, 6.07) is 0.0672. The molecule has 0 aromatic carbocycles. The van der Waals surface area contributed by atoms with Gasteiger partial charge in [0.2, 0.25) is 0 Å². The molecule has 0 aromatic heterocycles. The molecule has 1 rings (SSSR count). The minimum atomic E-state index is 0.0672. The Kier molecular flexibility index (Phi) is 11.8. The second-order valence-corrected chi connectivity index (χ2v) is 8.19. The molecule has 1 radical (unpaired) electrons. The van der Waals surface area contributed by atoms with Gasteiger partial charge in [0.05, 0.1) is 0 Å². The number of hydrogen-bond donors (Lipinski definition) is 0. The van der Waals surface area contributed by atoms with Crippen molar-refractivity contribution in [2.45, 2.75) is 33.2 Å². The van der Waals surface area contributed by atoms with Crippen LogP contribution < -0.4 is 0 Å². The van der Waals surface area contributed by atoms with Crippen LogP contribution in [0.2, 0.25) is 0 Å². The standard InChI is InChI=1S/C24H35BClN6O/c1-10-20(12-19(26)14-30(7)8)32-16-31(17(3)4)24(29-23(25)18(32)5)21(13-27-6)22(11-2)28-15-33-9/h10,12-14,17H,1,5-6,11,15-16H2,2-4,7-9H3/b19-14+,20-12+,21-13+,28-22?. The van der Waals surface area contributed by atoms with E-state index >= 15 is 0 Å². The van der Waals surface area contributed by atoms with Crippen LogP contribution in [-0.2, 0) is 4.74 Å². The van der Waals surface area contributed by atoms with E-state index in [1.807, 2.05) is 36.9 Å². The quantitative estimate of drug-likeness (QED) is 0.261. The van der Waals surface area contributed by atoms with Crippen molar-refractivity contribution in [2.75, 3.05) is 34.6 Å². The van der Waals surface area contributed by atoms with E-state index in [2.05, 4.69) is 48.6 Å². The molecule has 0 aliphatic carbocycles. The fourth-order valence-corrected chi connectivity index (χ4v) is 3.41. The summed E-state index contributed by atoms with van der Waals surface area (Å²) >= 11 is 6.42. The Labute approximate surface area is 205 Å². The Morgan fingerprint density at radius 1 is 1.39 bits per heavy atom. The molecule has 0 saturated heterocycles. The van der Waals surface area contributed by atoms with Crippen molar-refractivity contribution in [3.8, 4) is 0 Å². The van der Waals surface area contributed by atoms with Gasteiger partial charge < -0.3 is 0 Å². The first-order chi connectivity index (χ1) is 15.6. The summed E-state index contributed by atoms with van der Waals surface area (Å²) in [5.74, 6) is 0.633. The Morgan fingerprint density at radius 2 is 2.06 bits per heavy atom. The zero-order chi connectivity index (χ0) is 25.1. The summed E-state index contributed by atoms with van der Waals surface area (Å²) in [6.45, 7) is 18.6. The third-order valence-corrected chi connectivity index (χ3v) is 4.92. The number of halogens is 1. The Morgan fingerprint density at radius 3 is 2.55 bits per heavy atom. The number of nitrogens with zero attached hydrogens (tertiary/aromatic N) is 6. The van der Waals surface area contributed by atoms with Crippen molar-refractivity contribution in [1.29, 1.82) is 0 Å². The van der Waals surface area contributed by atoms with Gasteiger partial charge in [-0.05, 0) is 0 Å². The molecule has 33 heavy (non-hydrogen) atoms. The van der Waals surface area contributed by atoms with Crippen molar-refractivity contribution in [1.82, 2.24) is 14.7 Å². The number of ether oxygens (including phenoxy) is 1. The zero-order valence-corrected chi connectivity index (χ0v) is 21.4. The fraction of sp³-hybridized carbons (Fsp3) is 0.417. The monoisotopic (exact) mass is 469 g/mol. The summed E-state index contributed by atoms with van der Waals surface area (Å²) in [7, 11) is 11.8. The van der Waals surface area contributed by atoms with Gasteiger partial charge in [-0.15, -0.1) is 0 Å². The van der Waals surface area contributed by atoms with E-state index in [0.29, 0.717) is 29.7 Å². The van der Waals surface area contributed by atoms with Gasteiger partial charge in [0.25, 0.3) is 0 Å². The van der Waals surface area contributed by atoms with Gasteiger partial charge in [0.15, 0.2) is 0 Å². The molecule has 0 bridgehead atoms. The summed E-state index contributed by atoms with van der Waals surface area (Å²) in [4.78, 5) is 19.2. The molecule has 0 spiro atoms. The van der Waals surface area contributed by atoms with E-state index in [9.17, 15) is 0 Å². The van der Waals surface area contributed by atoms with Crippen LogP contribution >= 0.6 is 11.6 Å². The summed E-state index contributed by atoms with van der Waals surface area (Å²) in [5.41, 5.74) is 3.06. The van der Waals surface area contributed by atoms with Gasteiger partial charge in [0, 0.05) is 0 Å². The third kappa shape index (κ3) is 7.98. The van der Waals surface area contributed by atoms with Crippen molar-refractivity contribution >= 4 is 42.9 Å². The van der Waals surface area contributed by atoms with Crippen molar-refractivity contribution < 1.29 is 4.74 Å². The SMILES string of the molecule is [B]=C1N=C(/C(=C/N=C)C(CC)=NCOC)N(C(C)C)CN(/C(C=C)=C/C(Cl)=C\N(C)C)C1=C. The van der Waals surface area contributed by atoms with Gasteiger partial charge >= 0.3 is 205 Å². The molecule has 1 aliphatic heterocycles. The molecule has 0 amide bonds.